The molecule has 5 heteroatoms. The summed E-state index contributed by atoms with van der Waals surface area (Å²) in [6.07, 6.45) is 7.31. The zero-order valence-electron chi connectivity index (χ0n) is 11.1. The van der Waals surface area contributed by atoms with Gasteiger partial charge < -0.3 is 15.6 Å². The van der Waals surface area contributed by atoms with Crippen LogP contribution in [0.2, 0.25) is 0 Å². The predicted molar refractivity (Wildman–Crippen MR) is 69.9 cm³/mol. The topological polar surface area (TPSA) is 72.9 Å². The van der Waals surface area contributed by atoms with Crippen LogP contribution in [-0.2, 0) is 18.3 Å². The summed E-state index contributed by atoms with van der Waals surface area (Å²) >= 11 is 0. The van der Waals surface area contributed by atoms with Gasteiger partial charge >= 0.3 is 0 Å². The fraction of sp³-hybridized carbons (Fsp3) is 0.692. The Morgan fingerprint density at radius 1 is 1.72 bits per heavy atom. The van der Waals surface area contributed by atoms with E-state index in [1.807, 2.05) is 24.7 Å². The standard InChI is InChI=1S/C13H22N4O/c1-13(6-3-4-10(13)14)12(18)16-7-5-11-15-8-9-17(11)2/h8-10H,3-7,14H2,1-2H3,(H,16,18). The molecule has 0 saturated heterocycles. The first kappa shape index (κ1) is 13.1. The molecule has 0 spiro atoms. The van der Waals surface area contributed by atoms with Gasteiger partial charge in [0.15, 0.2) is 0 Å². The fourth-order valence-corrected chi connectivity index (χ4v) is 2.60. The lowest BCUT2D eigenvalue weighted by Crippen LogP contribution is -2.47. The van der Waals surface area contributed by atoms with E-state index >= 15 is 0 Å². The lowest BCUT2D eigenvalue weighted by atomic mass is 9.84. The van der Waals surface area contributed by atoms with Crippen molar-refractivity contribution in [1.29, 1.82) is 0 Å². The number of hydrogen-bond donors (Lipinski definition) is 2. The maximum absolute atomic E-state index is 12.2. The number of nitrogens with two attached hydrogens (primary N) is 1. The average molecular weight is 250 g/mol. The van der Waals surface area contributed by atoms with E-state index in [9.17, 15) is 4.79 Å². The first-order valence-corrected chi connectivity index (χ1v) is 6.54. The van der Waals surface area contributed by atoms with Crippen LogP contribution in [0.3, 0.4) is 0 Å². The summed E-state index contributed by atoms with van der Waals surface area (Å²) in [5.41, 5.74) is 5.64. The van der Waals surface area contributed by atoms with Gasteiger partial charge in [0.25, 0.3) is 0 Å². The van der Waals surface area contributed by atoms with Gasteiger partial charge in [-0.15, -0.1) is 0 Å². The van der Waals surface area contributed by atoms with Crippen LogP contribution in [0.15, 0.2) is 12.4 Å². The molecule has 1 aromatic heterocycles. The molecule has 2 atom stereocenters. The van der Waals surface area contributed by atoms with Crippen molar-refractivity contribution in [2.75, 3.05) is 6.54 Å². The van der Waals surface area contributed by atoms with Crippen molar-refractivity contribution in [1.82, 2.24) is 14.9 Å². The first-order valence-electron chi connectivity index (χ1n) is 6.54. The number of rotatable bonds is 4. The number of amides is 1. The van der Waals surface area contributed by atoms with Gasteiger partial charge in [-0.3, -0.25) is 4.79 Å². The van der Waals surface area contributed by atoms with Gasteiger partial charge in [0.05, 0.1) is 5.41 Å². The minimum Gasteiger partial charge on any atom is -0.355 e. The zero-order chi connectivity index (χ0) is 13.2. The van der Waals surface area contributed by atoms with Crippen molar-refractivity contribution >= 4 is 5.91 Å². The van der Waals surface area contributed by atoms with E-state index in [1.165, 1.54) is 0 Å². The summed E-state index contributed by atoms with van der Waals surface area (Å²) in [7, 11) is 1.96. The van der Waals surface area contributed by atoms with Gasteiger partial charge in [-0.2, -0.15) is 0 Å². The third kappa shape index (κ3) is 2.41. The molecule has 1 aromatic rings. The van der Waals surface area contributed by atoms with Crippen molar-refractivity contribution in [2.24, 2.45) is 18.2 Å². The van der Waals surface area contributed by atoms with Crippen molar-refractivity contribution in [3.05, 3.63) is 18.2 Å². The van der Waals surface area contributed by atoms with Crippen molar-refractivity contribution in [2.45, 2.75) is 38.6 Å². The lowest BCUT2D eigenvalue weighted by Gasteiger charge is -2.27. The number of nitrogens with one attached hydrogen (secondary N) is 1. The first-order chi connectivity index (χ1) is 8.54. The van der Waals surface area contributed by atoms with Gasteiger partial charge in [0, 0.05) is 38.4 Å². The van der Waals surface area contributed by atoms with Gasteiger partial charge in [-0.1, -0.05) is 6.42 Å². The molecule has 0 aliphatic heterocycles. The van der Waals surface area contributed by atoms with Crippen molar-refractivity contribution in [3.8, 4) is 0 Å². The third-order valence-corrected chi connectivity index (χ3v) is 4.10. The number of imidazole rings is 1. The second-order valence-electron chi connectivity index (χ2n) is 5.38. The molecule has 2 unspecified atom stereocenters. The Labute approximate surface area is 108 Å². The molecule has 5 nitrogen and oxygen atoms in total. The highest BCUT2D eigenvalue weighted by molar-refractivity contribution is 5.83. The van der Waals surface area contributed by atoms with Gasteiger partial charge in [-0.25, -0.2) is 4.98 Å². The molecule has 1 saturated carbocycles. The van der Waals surface area contributed by atoms with Crippen LogP contribution in [0, 0.1) is 5.41 Å². The van der Waals surface area contributed by atoms with E-state index in [-0.39, 0.29) is 17.4 Å². The minimum atomic E-state index is -0.387. The van der Waals surface area contributed by atoms with Crippen molar-refractivity contribution in [3.63, 3.8) is 0 Å². The molecule has 0 aromatic carbocycles. The molecular weight excluding hydrogens is 228 g/mol. The predicted octanol–water partition coefficient (Wildman–Crippen LogP) is 0.596. The number of carbonyl (C=O) groups excluding carboxylic acids is 1. The maximum atomic E-state index is 12.2. The number of nitrogens with zero attached hydrogens (tertiary/aromatic N) is 2. The summed E-state index contributed by atoms with van der Waals surface area (Å²) in [6.45, 7) is 2.59. The molecule has 1 amide bonds. The lowest BCUT2D eigenvalue weighted by molar-refractivity contribution is -0.130. The van der Waals surface area contributed by atoms with Crippen LogP contribution in [0.4, 0.5) is 0 Å². The van der Waals surface area contributed by atoms with Gasteiger partial charge in [0.2, 0.25) is 5.91 Å². The molecule has 0 radical (unpaired) electrons. The molecule has 100 valence electrons. The van der Waals surface area contributed by atoms with Gasteiger partial charge in [0.1, 0.15) is 5.82 Å². The second kappa shape index (κ2) is 5.10. The highest BCUT2D eigenvalue weighted by atomic mass is 16.2. The Hall–Kier alpha value is -1.36. The Kier molecular flexibility index (Phi) is 3.71. The molecule has 2 rings (SSSR count). The Balaban J connectivity index is 1.84. The van der Waals surface area contributed by atoms with Crippen LogP contribution >= 0.6 is 0 Å². The monoisotopic (exact) mass is 250 g/mol. The van der Waals surface area contributed by atoms with Crippen LogP contribution in [0.1, 0.15) is 32.0 Å². The van der Waals surface area contributed by atoms with E-state index in [0.29, 0.717) is 6.54 Å². The largest absolute Gasteiger partial charge is 0.355 e. The summed E-state index contributed by atoms with van der Waals surface area (Å²) in [6, 6.07) is -0.00865. The normalized spacial score (nSPS) is 27.4. The molecule has 1 heterocycles. The molecule has 3 N–H and O–H groups in total. The van der Waals surface area contributed by atoms with Gasteiger partial charge in [-0.05, 0) is 19.8 Å². The average Bonchev–Trinajstić information content (AvgIpc) is 2.88. The molecule has 1 fully saturated rings. The quantitative estimate of drug-likeness (QED) is 0.821. The van der Waals surface area contributed by atoms with Crippen LogP contribution in [0.25, 0.3) is 0 Å². The highest BCUT2D eigenvalue weighted by Gasteiger charge is 2.42. The van der Waals surface area contributed by atoms with Crippen molar-refractivity contribution < 1.29 is 4.79 Å². The van der Waals surface area contributed by atoms with E-state index < -0.39 is 0 Å². The molecule has 18 heavy (non-hydrogen) atoms. The number of hydrogen-bond acceptors (Lipinski definition) is 3. The molecule has 0 bridgehead atoms. The number of aromatic nitrogens is 2. The second-order valence-corrected chi connectivity index (χ2v) is 5.38. The number of aryl methyl sites for hydroxylation is 1. The summed E-state index contributed by atoms with van der Waals surface area (Å²) < 4.78 is 1.97. The minimum absolute atomic E-state index is 0.00865. The summed E-state index contributed by atoms with van der Waals surface area (Å²) in [5, 5.41) is 2.99. The fourth-order valence-electron chi connectivity index (χ4n) is 2.60. The van der Waals surface area contributed by atoms with Crippen LogP contribution in [0.5, 0.6) is 0 Å². The molecule has 1 aliphatic carbocycles. The van der Waals surface area contributed by atoms with Crippen LogP contribution in [-0.4, -0.2) is 28.0 Å². The van der Waals surface area contributed by atoms with E-state index in [0.717, 1.165) is 31.5 Å². The maximum Gasteiger partial charge on any atom is 0.227 e. The Morgan fingerprint density at radius 3 is 3.06 bits per heavy atom. The zero-order valence-corrected chi connectivity index (χ0v) is 11.1. The third-order valence-electron chi connectivity index (χ3n) is 4.10. The molecule has 1 aliphatic rings. The summed E-state index contributed by atoms with van der Waals surface area (Å²) in [5.74, 6) is 1.07. The van der Waals surface area contributed by atoms with E-state index in [2.05, 4.69) is 10.3 Å². The van der Waals surface area contributed by atoms with E-state index in [4.69, 9.17) is 5.73 Å². The Morgan fingerprint density at radius 2 is 2.50 bits per heavy atom. The molecular formula is C13H22N4O. The van der Waals surface area contributed by atoms with Crippen LogP contribution < -0.4 is 11.1 Å². The number of carbonyl (C=O) groups is 1. The Bertz CT molecular complexity index is 428. The smallest absolute Gasteiger partial charge is 0.227 e. The van der Waals surface area contributed by atoms with E-state index in [1.54, 1.807) is 6.20 Å². The highest BCUT2D eigenvalue weighted by Crippen LogP contribution is 2.36. The SMILES string of the molecule is Cn1ccnc1CCNC(=O)C1(C)CCCC1N. The summed E-state index contributed by atoms with van der Waals surface area (Å²) in [4.78, 5) is 16.4.